The molecule has 0 unspecified atom stereocenters. The van der Waals surface area contributed by atoms with E-state index in [-0.39, 0.29) is 17.9 Å². The molecule has 0 saturated carbocycles. The Morgan fingerprint density at radius 2 is 1.74 bits per heavy atom. The second-order valence-corrected chi connectivity index (χ2v) is 7.68. The first kappa shape index (κ1) is 23.7. The van der Waals surface area contributed by atoms with E-state index in [2.05, 4.69) is 5.32 Å². The lowest BCUT2D eigenvalue weighted by atomic mass is 10.0. The highest BCUT2D eigenvalue weighted by Gasteiger charge is 2.35. The average molecular weight is 476 g/mol. The lowest BCUT2D eigenvalue weighted by molar-refractivity contribution is -0.121. The van der Waals surface area contributed by atoms with Gasteiger partial charge in [-0.25, -0.2) is 8.78 Å². The normalized spacial score (nSPS) is 11.5. The first-order valence-corrected chi connectivity index (χ1v) is 10.7. The molecule has 4 rings (SSSR count). The molecule has 3 aromatic carbocycles. The van der Waals surface area contributed by atoms with Gasteiger partial charge in [0.25, 0.3) is 11.8 Å². The van der Waals surface area contributed by atoms with E-state index < -0.39 is 29.5 Å². The molecule has 0 fully saturated rings. The molecule has 0 aliphatic carbocycles. The van der Waals surface area contributed by atoms with Crippen LogP contribution in [0.25, 0.3) is 0 Å². The first-order chi connectivity index (χ1) is 17.0. The maximum Gasteiger partial charge on any atom is 0.290 e. The molecule has 0 bridgehead atoms. The highest BCUT2D eigenvalue weighted by atomic mass is 19.1. The summed E-state index contributed by atoms with van der Waals surface area (Å²) in [7, 11) is 1.52. The van der Waals surface area contributed by atoms with Crippen molar-refractivity contribution < 1.29 is 27.5 Å². The summed E-state index contributed by atoms with van der Waals surface area (Å²) < 4.78 is 38.9. The Labute approximate surface area is 200 Å². The summed E-state index contributed by atoms with van der Waals surface area (Å²) in [5.74, 6) is -1.87. The van der Waals surface area contributed by atoms with E-state index in [4.69, 9.17) is 9.15 Å². The number of nitrogens with one attached hydrogen (secondary N) is 1. The third kappa shape index (κ3) is 5.55. The van der Waals surface area contributed by atoms with E-state index in [9.17, 15) is 14.0 Å². The van der Waals surface area contributed by atoms with Gasteiger partial charge in [0.1, 0.15) is 23.4 Å². The topological polar surface area (TPSA) is 71.8 Å². The first-order valence-electron chi connectivity index (χ1n) is 10.7. The fourth-order valence-electron chi connectivity index (χ4n) is 3.68. The Morgan fingerprint density at radius 1 is 0.971 bits per heavy atom. The van der Waals surface area contributed by atoms with Gasteiger partial charge in [-0.3, -0.25) is 9.59 Å². The smallest absolute Gasteiger partial charge is 0.290 e. The molecule has 8 heteroatoms. The monoisotopic (exact) mass is 476 g/mol. The van der Waals surface area contributed by atoms with Crippen molar-refractivity contribution in [1.82, 2.24) is 4.90 Å². The summed E-state index contributed by atoms with van der Waals surface area (Å²) >= 11 is 0. The highest BCUT2D eigenvalue weighted by molar-refractivity contribution is 6.00. The maximum absolute atomic E-state index is 15.0. The molecule has 178 valence electrons. The number of anilines is 1. The van der Waals surface area contributed by atoms with E-state index in [0.717, 1.165) is 0 Å². The molecule has 1 aromatic heterocycles. The van der Waals surface area contributed by atoms with Crippen LogP contribution in [0, 0.1) is 11.6 Å². The minimum atomic E-state index is -1.37. The number of methoxy groups -OCH3 is 1. The highest BCUT2D eigenvalue weighted by Crippen LogP contribution is 2.29. The number of furan rings is 1. The zero-order valence-electron chi connectivity index (χ0n) is 18.8. The zero-order valence-corrected chi connectivity index (χ0v) is 18.8. The fraction of sp³-hybridized carbons (Fsp3) is 0.111. The van der Waals surface area contributed by atoms with Crippen molar-refractivity contribution in [2.45, 2.75) is 12.6 Å². The number of hydrogen-bond donors (Lipinski definition) is 1. The predicted octanol–water partition coefficient (Wildman–Crippen LogP) is 5.59. The van der Waals surface area contributed by atoms with Gasteiger partial charge in [-0.15, -0.1) is 0 Å². The van der Waals surface area contributed by atoms with Crippen LogP contribution in [0.15, 0.2) is 95.6 Å². The van der Waals surface area contributed by atoms with Crippen LogP contribution in [0.2, 0.25) is 0 Å². The van der Waals surface area contributed by atoms with Crippen molar-refractivity contribution in [2.24, 2.45) is 0 Å². The number of hydrogen-bond acceptors (Lipinski definition) is 4. The van der Waals surface area contributed by atoms with Crippen molar-refractivity contribution in [3.8, 4) is 5.75 Å². The van der Waals surface area contributed by atoms with Gasteiger partial charge in [0.2, 0.25) is 0 Å². The SMILES string of the molecule is COc1cccc(CN(C(=O)c2ccco2)[C@H](C(=O)Nc2ccc(F)cc2)c2ccccc2F)c1. The van der Waals surface area contributed by atoms with Crippen LogP contribution in [0.1, 0.15) is 27.7 Å². The lowest BCUT2D eigenvalue weighted by Crippen LogP contribution is -2.41. The molecule has 0 saturated heterocycles. The third-order valence-corrected chi connectivity index (χ3v) is 5.35. The fourth-order valence-corrected chi connectivity index (χ4v) is 3.68. The Morgan fingerprint density at radius 3 is 2.43 bits per heavy atom. The number of carbonyl (C=O) groups is 2. The van der Waals surface area contributed by atoms with Gasteiger partial charge in [-0.1, -0.05) is 30.3 Å². The van der Waals surface area contributed by atoms with E-state index >= 15 is 4.39 Å². The summed E-state index contributed by atoms with van der Waals surface area (Å²) in [5.41, 5.74) is 0.944. The van der Waals surface area contributed by atoms with Gasteiger partial charge in [0.05, 0.1) is 13.4 Å². The quantitative estimate of drug-likeness (QED) is 0.360. The summed E-state index contributed by atoms with van der Waals surface area (Å²) in [6, 6.07) is 19.5. The molecule has 6 nitrogen and oxygen atoms in total. The number of amides is 2. The largest absolute Gasteiger partial charge is 0.497 e. The molecular weight excluding hydrogens is 454 g/mol. The molecule has 35 heavy (non-hydrogen) atoms. The number of carbonyl (C=O) groups excluding carboxylic acids is 2. The molecule has 0 aliphatic heterocycles. The van der Waals surface area contributed by atoms with Crippen molar-refractivity contribution in [3.63, 3.8) is 0 Å². The van der Waals surface area contributed by atoms with Crippen molar-refractivity contribution in [2.75, 3.05) is 12.4 Å². The van der Waals surface area contributed by atoms with Crippen molar-refractivity contribution >= 4 is 17.5 Å². The molecule has 0 aliphatic rings. The molecule has 2 amide bonds. The van der Waals surface area contributed by atoms with Crippen molar-refractivity contribution in [3.05, 3.63) is 120 Å². The number of nitrogens with zero attached hydrogens (tertiary/aromatic N) is 1. The van der Waals surface area contributed by atoms with Gasteiger partial charge >= 0.3 is 0 Å². The van der Waals surface area contributed by atoms with E-state index in [1.807, 2.05) is 0 Å². The molecule has 0 spiro atoms. The molecule has 4 aromatic rings. The van der Waals surface area contributed by atoms with Gasteiger partial charge in [0, 0.05) is 17.8 Å². The molecule has 1 N–H and O–H groups in total. The Bertz CT molecular complexity index is 1310. The van der Waals surface area contributed by atoms with Gasteiger partial charge in [-0.05, 0) is 60.2 Å². The van der Waals surface area contributed by atoms with Gasteiger partial charge < -0.3 is 19.4 Å². The van der Waals surface area contributed by atoms with Gasteiger partial charge in [0.15, 0.2) is 5.76 Å². The third-order valence-electron chi connectivity index (χ3n) is 5.35. The van der Waals surface area contributed by atoms with Crippen LogP contribution in [0.3, 0.4) is 0 Å². The van der Waals surface area contributed by atoms with Gasteiger partial charge in [-0.2, -0.15) is 0 Å². The predicted molar refractivity (Wildman–Crippen MR) is 126 cm³/mol. The number of rotatable bonds is 8. The Hall–Kier alpha value is -4.46. The number of halogens is 2. The zero-order chi connectivity index (χ0) is 24.8. The Kier molecular flexibility index (Phi) is 7.21. The summed E-state index contributed by atoms with van der Waals surface area (Å²) in [4.78, 5) is 28.3. The lowest BCUT2D eigenvalue weighted by Gasteiger charge is -2.31. The average Bonchev–Trinajstić information content (AvgIpc) is 3.41. The second kappa shape index (κ2) is 10.6. The van der Waals surface area contributed by atoms with E-state index in [1.54, 1.807) is 36.4 Å². The number of ether oxygens (including phenoxy) is 1. The molecule has 0 radical (unpaired) electrons. The maximum atomic E-state index is 15.0. The van der Waals surface area contributed by atoms with Crippen LogP contribution >= 0.6 is 0 Å². The van der Waals surface area contributed by atoms with Crippen molar-refractivity contribution in [1.29, 1.82) is 0 Å². The summed E-state index contributed by atoms with van der Waals surface area (Å²) in [6.45, 7) is -0.0490. The Balaban J connectivity index is 1.79. The van der Waals surface area contributed by atoms with Crippen LogP contribution in [0.5, 0.6) is 5.75 Å². The van der Waals surface area contributed by atoms with Crippen LogP contribution < -0.4 is 10.1 Å². The second-order valence-electron chi connectivity index (χ2n) is 7.68. The van der Waals surface area contributed by atoms with E-state index in [1.165, 1.54) is 66.8 Å². The van der Waals surface area contributed by atoms with E-state index in [0.29, 0.717) is 17.0 Å². The standard InChI is InChI=1S/C27H22F2N2O4/c1-34-21-7-4-6-18(16-21)17-31(27(33)24-10-5-15-35-24)25(22-8-2-3-9-23(22)29)26(32)30-20-13-11-19(28)12-14-20/h2-16,25H,17H2,1H3,(H,30,32)/t25-/m0/s1. The molecular formula is C27H22F2N2O4. The summed E-state index contributed by atoms with van der Waals surface area (Å²) in [5, 5.41) is 2.66. The minimum Gasteiger partial charge on any atom is -0.497 e. The molecule has 1 heterocycles. The summed E-state index contributed by atoms with van der Waals surface area (Å²) in [6.07, 6.45) is 1.34. The minimum absolute atomic E-state index is 0.00471. The van der Waals surface area contributed by atoms with Crippen LogP contribution in [-0.4, -0.2) is 23.8 Å². The van der Waals surface area contributed by atoms with Crippen LogP contribution in [-0.2, 0) is 11.3 Å². The molecule has 1 atom stereocenters. The van der Waals surface area contributed by atoms with Crippen LogP contribution in [0.4, 0.5) is 14.5 Å². The number of benzene rings is 3.